The summed E-state index contributed by atoms with van der Waals surface area (Å²) >= 11 is 0. The van der Waals surface area contributed by atoms with Gasteiger partial charge in [-0.2, -0.15) is 0 Å². The average Bonchev–Trinajstić information content (AvgIpc) is 3.18. The molecule has 0 aliphatic heterocycles. The Bertz CT molecular complexity index is 810. The molecule has 2 aromatic rings. The molecule has 3 N–H and O–H groups in total. The number of hydrogen-bond donors (Lipinski definition) is 3. The monoisotopic (exact) mass is 387 g/mol. The number of ether oxygens (including phenoxy) is 1. The smallest absolute Gasteiger partial charge is 0.287 e. The van der Waals surface area contributed by atoms with Crippen molar-refractivity contribution in [3.05, 3.63) is 53.5 Å². The molecule has 1 heterocycles. The molecule has 3 amide bonds. The standard InChI is InChI=1S/C20H25N3O5/c1-12(2)17(21-19(25)15-9-6-10-27-15)20(26)23-22-16(24)11-28-18-13(3)7-5-8-14(18)4/h5-10,12,17H,11H2,1-4H3,(H,21,25)(H,22,24)(H,23,26)/t17-/m0/s1. The second-order valence-corrected chi connectivity index (χ2v) is 6.72. The number of carbonyl (C=O) groups is 3. The molecular weight excluding hydrogens is 362 g/mol. The van der Waals surface area contributed by atoms with Gasteiger partial charge in [0.25, 0.3) is 17.7 Å². The Balaban J connectivity index is 1.86. The van der Waals surface area contributed by atoms with Gasteiger partial charge in [-0.05, 0) is 43.0 Å². The Morgan fingerprint density at radius 2 is 1.71 bits per heavy atom. The third kappa shape index (κ3) is 5.60. The minimum Gasteiger partial charge on any atom is -0.483 e. The summed E-state index contributed by atoms with van der Waals surface area (Å²) in [5.41, 5.74) is 6.44. The zero-order chi connectivity index (χ0) is 20.7. The van der Waals surface area contributed by atoms with Gasteiger partial charge >= 0.3 is 0 Å². The number of amides is 3. The number of hydrogen-bond acceptors (Lipinski definition) is 5. The number of benzene rings is 1. The summed E-state index contributed by atoms with van der Waals surface area (Å²) < 4.78 is 10.6. The van der Waals surface area contributed by atoms with Gasteiger partial charge in [-0.3, -0.25) is 25.2 Å². The SMILES string of the molecule is Cc1cccc(C)c1OCC(=O)NNC(=O)[C@@H](NC(=O)c1ccco1)C(C)C. The number of aryl methyl sites for hydroxylation is 2. The number of nitrogens with one attached hydrogen (secondary N) is 3. The van der Waals surface area contributed by atoms with Gasteiger partial charge in [0, 0.05) is 0 Å². The third-order valence-electron chi connectivity index (χ3n) is 4.06. The van der Waals surface area contributed by atoms with Crippen LogP contribution in [-0.2, 0) is 9.59 Å². The molecule has 0 bridgehead atoms. The molecule has 8 nitrogen and oxygen atoms in total. The van der Waals surface area contributed by atoms with Crippen LogP contribution < -0.4 is 20.9 Å². The van der Waals surface area contributed by atoms with Gasteiger partial charge in [-0.1, -0.05) is 32.0 Å². The zero-order valence-electron chi connectivity index (χ0n) is 16.4. The second kappa shape index (κ2) is 9.59. The van der Waals surface area contributed by atoms with E-state index in [0.29, 0.717) is 5.75 Å². The number of hydrazine groups is 1. The highest BCUT2D eigenvalue weighted by Crippen LogP contribution is 2.21. The van der Waals surface area contributed by atoms with Crippen molar-refractivity contribution < 1.29 is 23.5 Å². The molecule has 0 unspecified atom stereocenters. The lowest BCUT2D eigenvalue weighted by molar-refractivity contribution is -0.131. The summed E-state index contributed by atoms with van der Waals surface area (Å²) in [6, 6.07) is 7.90. The molecule has 0 saturated carbocycles. The van der Waals surface area contributed by atoms with Crippen molar-refractivity contribution >= 4 is 17.7 Å². The van der Waals surface area contributed by atoms with Crippen molar-refractivity contribution in [1.29, 1.82) is 0 Å². The lowest BCUT2D eigenvalue weighted by atomic mass is 10.0. The maximum Gasteiger partial charge on any atom is 0.287 e. The first kappa shape index (κ1) is 21.0. The van der Waals surface area contributed by atoms with E-state index in [1.54, 1.807) is 19.9 Å². The van der Waals surface area contributed by atoms with Gasteiger partial charge in [0.2, 0.25) is 0 Å². The summed E-state index contributed by atoms with van der Waals surface area (Å²) in [6.07, 6.45) is 1.37. The highest BCUT2D eigenvalue weighted by molar-refractivity contribution is 5.96. The average molecular weight is 387 g/mol. The fraction of sp³-hybridized carbons (Fsp3) is 0.350. The fourth-order valence-electron chi connectivity index (χ4n) is 2.56. The Morgan fingerprint density at radius 1 is 1.04 bits per heavy atom. The maximum atomic E-state index is 12.4. The fourth-order valence-corrected chi connectivity index (χ4v) is 2.56. The molecule has 8 heteroatoms. The van der Waals surface area contributed by atoms with Gasteiger partial charge in [-0.15, -0.1) is 0 Å². The molecule has 0 aliphatic carbocycles. The van der Waals surface area contributed by atoms with Gasteiger partial charge in [0.15, 0.2) is 12.4 Å². The molecule has 2 rings (SSSR count). The Hall–Kier alpha value is -3.29. The van der Waals surface area contributed by atoms with Crippen LogP contribution in [0.2, 0.25) is 0 Å². The van der Waals surface area contributed by atoms with Crippen LogP contribution in [0.4, 0.5) is 0 Å². The largest absolute Gasteiger partial charge is 0.483 e. The van der Waals surface area contributed by atoms with Crippen molar-refractivity contribution in [3.63, 3.8) is 0 Å². The molecule has 1 aromatic heterocycles. The first-order valence-electron chi connectivity index (χ1n) is 8.91. The highest BCUT2D eigenvalue weighted by atomic mass is 16.5. The Kier molecular flexibility index (Phi) is 7.20. The van der Waals surface area contributed by atoms with E-state index in [2.05, 4.69) is 16.2 Å². The zero-order valence-corrected chi connectivity index (χ0v) is 16.4. The lowest BCUT2D eigenvalue weighted by Crippen LogP contribution is -2.54. The normalized spacial score (nSPS) is 11.6. The summed E-state index contributed by atoms with van der Waals surface area (Å²) in [4.78, 5) is 36.5. The summed E-state index contributed by atoms with van der Waals surface area (Å²) in [7, 11) is 0. The van der Waals surface area contributed by atoms with Crippen molar-refractivity contribution in [2.75, 3.05) is 6.61 Å². The second-order valence-electron chi connectivity index (χ2n) is 6.72. The predicted octanol–water partition coefficient (Wildman–Crippen LogP) is 1.88. The van der Waals surface area contributed by atoms with E-state index < -0.39 is 23.8 Å². The van der Waals surface area contributed by atoms with Crippen LogP contribution in [0.15, 0.2) is 41.0 Å². The van der Waals surface area contributed by atoms with Crippen LogP contribution in [0.5, 0.6) is 5.75 Å². The van der Waals surface area contributed by atoms with Crippen LogP contribution in [0.1, 0.15) is 35.5 Å². The predicted molar refractivity (Wildman–Crippen MR) is 102 cm³/mol. The van der Waals surface area contributed by atoms with Gasteiger partial charge < -0.3 is 14.5 Å². The molecule has 0 aliphatic rings. The molecule has 1 atom stereocenters. The molecule has 0 spiro atoms. The molecule has 0 radical (unpaired) electrons. The van der Waals surface area contributed by atoms with Gasteiger partial charge in [0.1, 0.15) is 11.8 Å². The van der Waals surface area contributed by atoms with Crippen LogP contribution in [-0.4, -0.2) is 30.4 Å². The van der Waals surface area contributed by atoms with Crippen LogP contribution >= 0.6 is 0 Å². The number of para-hydroxylation sites is 1. The number of rotatable bonds is 7. The highest BCUT2D eigenvalue weighted by Gasteiger charge is 2.26. The van der Waals surface area contributed by atoms with Gasteiger partial charge in [-0.25, -0.2) is 0 Å². The molecule has 0 fully saturated rings. The number of carbonyl (C=O) groups excluding carboxylic acids is 3. The Labute approximate surface area is 163 Å². The molecule has 150 valence electrons. The summed E-state index contributed by atoms with van der Waals surface area (Å²) in [5.74, 6) is -1.05. The topological polar surface area (TPSA) is 110 Å². The summed E-state index contributed by atoms with van der Waals surface area (Å²) in [6.45, 7) is 7.07. The number of furan rings is 1. The summed E-state index contributed by atoms with van der Waals surface area (Å²) in [5, 5.41) is 2.59. The quantitative estimate of drug-likeness (QED) is 0.629. The third-order valence-corrected chi connectivity index (χ3v) is 4.06. The van der Waals surface area contributed by atoms with Gasteiger partial charge in [0.05, 0.1) is 6.26 Å². The van der Waals surface area contributed by atoms with Crippen LogP contribution in [0.25, 0.3) is 0 Å². The van der Waals surface area contributed by atoms with E-state index in [0.717, 1.165) is 11.1 Å². The minimum atomic E-state index is -0.850. The van der Waals surface area contributed by atoms with E-state index in [1.165, 1.54) is 12.3 Å². The Morgan fingerprint density at radius 3 is 2.29 bits per heavy atom. The molecule has 1 aromatic carbocycles. The molecular formula is C20H25N3O5. The van der Waals surface area contributed by atoms with E-state index >= 15 is 0 Å². The minimum absolute atomic E-state index is 0.101. The van der Waals surface area contributed by atoms with Crippen molar-refractivity contribution in [3.8, 4) is 5.75 Å². The van der Waals surface area contributed by atoms with E-state index in [-0.39, 0.29) is 18.3 Å². The van der Waals surface area contributed by atoms with E-state index in [4.69, 9.17) is 9.15 Å². The van der Waals surface area contributed by atoms with E-state index in [1.807, 2.05) is 32.0 Å². The van der Waals surface area contributed by atoms with Crippen molar-refractivity contribution in [1.82, 2.24) is 16.2 Å². The molecule has 0 saturated heterocycles. The first-order chi connectivity index (χ1) is 13.3. The van der Waals surface area contributed by atoms with E-state index in [9.17, 15) is 14.4 Å². The lowest BCUT2D eigenvalue weighted by Gasteiger charge is -2.21. The maximum absolute atomic E-state index is 12.4. The van der Waals surface area contributed by atoms with Crippen LogP contribution in [0, 0.1) is 19.8 Å². The van der Waals surface area contributed by atoms with Crippen molar-refractivity contribution in [2.45, 2.75) is 33.7 Å². The van der Waals surface area contributed by atoms with Crippen LogP contribution in [0.3, 0.4) is 0 Å². The molecule has 28 heavy (non-hydrogen) atoms. The first-order valence-corrected chi connectivity index (χ1v) is 8.91. The van der Waals surface area contributed by atoms with Crippen molar-refractivity contribution in [2.24, 2.45) is 5.92 Å².